The Labute approximate surface area is 106 Å². The molecule has 0 aromatic rings. The number of likely N-dealkylation sites (tertiary alicyclic amines) is 1. The minimum absolute atomic E-state index is 0.102. The summed E-state index contributed by atoms with van der Waals surface area (Å²) in [7, 11) is 0. The molecule has 2 fully saturated rings. The molecule has 0 bridgehead atoms. The van der Waals surface area contributed by atoms with Crippen LogP contribution in [0.15, 0.2) is 0 Å². The van der Waals surface area contributed by atoms with Crippen molar-refractivity contribution in [1.82, 2.24) is 10.2 Å². The van der Waals surface area contributed by atoms with Gasteiger partial charge in [0.2, 0.25) is 5.91 Å². The highest BCUT2D eigenvalue weighted by atomic mass is 16.5. The number of hydrogen-bond donors (Lipinski definition) is 2. The van der Waals surface area contributed by atoms with E-state index in [4.69, 9.17) is 9.84 Å². The van der Waals surface area contributed by atoms with Crippen molar-refractivity contribution in [3.05, 3.63) is 0 Å². The van der Waals surface area contributed by atoms with Crippen molar-refractivity contribution < 1.29 is 19.4 Å². The van der Waals surface area contributed by atoms with E-state index in [1.165, 1.54) is 0 Å². The molecular formula is C12H20N2O4. The molecule has 2 unspecified atom stereocenters. The van der Waals surface area contributed by atoms with Crippen LogP contribution in [0.4, 0.5) is 0 Å². The highest BCUT2D eigenvalue weighted by Gasteiger charge is 2.29. The lowest BCUT2D eigenvalue weighted by molar-refractivity contribution is -0.138. The van der Waals surface area contributed by atoms with Crippen LogP contribution in [0.2, 0.25) is 0 Å². The van der Waals surface area contributed by atoms with Crippen molar-refractivity contribution >= 4 is 11.9 Å². The highest BCUT2D eigenvalue weighted by Crippen LogP contribution is 2.20. The van der Waals surface area contributed by atoms with Crippen LogP contribution in [0.1, 0.15) is 19.3 Å². The average molecular weight is 256 g/mol. The Balaban J connectivity index is 1.74. The summed E-state index contributed by atoms with van der Waals surface area (Å²) in [6, 6.07) is 0.102. The standard InChI is InChI=1S/C12H20N2O4/c15-11(6-10-8-18-4-2-13-10)14-3-1-9(7-14)5-12(16)17/h9-10,13H,1-8H2,(H,16,17). The summed E-state index contributed by atoms with van der Waals surface area (Å²) in [6.07, 6.45) is 1.40. The molecule has 0 spiro atoms. The lowest BCUT2D eigenvalue weighted by atomic mass is 10.1. The molecule has 2 aliphatic rings. The largest absolute Gasteiger partial charge is 0.481 e. The summed E-state index contributed by atoms with van der Waals surface area (Å²) in [5.74, 6) is -0.565. The summed E-state index contributed by atoms with van der Waals surface area (Å²) in [5, 5.41) is 12.0. The molecule has 2 atom stereocenters. The molecule has 2 saturated heterocycles. The van der Waals surface area contributed by atoms with Gasteiger partial charge in [0.25, 0.3) is 0 Å². The van der Waals surface area contributed by atoms with E-state index in [1.807, 2.05) is 0 Å². The molecule has 0 saturated carbocycles. The van der Waals surface area contributed by atoms with Gasteiger partial charge in [0.1, 0.15) is 0 Å². The van der Waals surface area contributed by atoms with E-state index >= 15 is 0 Å². The molecule has 6 heteroatoms. The first-order valence-electron chi connectivity index (χ1n) is 6.46. The molecule has 2 N–H and O–H groups in total. The number of carboxylic acid groups (broad SMARTS) is 1. The van der Waals surface area contributed by atoms with Gasteiger partial charge < -0.3 is 20.1 Å². The van der Waals surface area contributed by atoms with Gasteiger partial charge in [-0.05, 0) is 12.3 Å². The van der Waals surface area contributed by atoms with Gasteiger partial charge in [-0.15, -0.1) is 0 Å². The fourth-order valence-corrected chi connectivity index (χ4v) is 2.56. The molecule has 0 aliphatic carbocycles. The van der Waals surface area contributed by atoms with E-state index in [9.17, 15) is 9.59 Å². The van der Waals surface area contributed by atoms with Crippen LogP contribution in [-0.4, -0.2) is 60.8 Å². The molecule has 102 valence electrons. The maximum absolute atomic E-state index is 12.0. The van der Waals surface area contributed by atoms with Crippen LogP contribution in [-0.2, 0) is 14.3 Å². The Bertz CT molecular complexity index is 315. The Morgan fingerprint density at radius 2 is 2.22 bits per heavy atom. The third-order valence-electron chi connectivity index (χ3n) is 3.52. The number of carbonyl (C=O) groups excluding carboxylic acids is 1. The van der Waals surface area contributed by atoms with Gasteiger partial charge >= 0.3 is 5.97 Å². The van der Waals surface area contributed by atoms with Gasteiger partial charge in [0.15, 0.2) is 0 Å². The van der Waals surface area contributed by atoms with Crippen molar-refractivity contribution in [2.45, 2.75) is 25.3 Å². The molecule has 0 radical (unpaired) electrons. The molecule has 2 heterocycles. The number of morpholine rings is 1. The first-order chi connectivity index (χ1) is 8.65. The molecule has 18 heavy (non-hydrogen) atoms. The molecule has 0 aromatic carbocycles. The van der Waals surface area contributed by atoms with E-state index in [1.54, 1.807) is 4.90 Å². The number of amides is 1. The van der Waals surface area contributed by atoms with Crippen LogP contribution in [0, 0.1) is 5.92 Å². The first kappa shape index (κ1) is 13.3. The summed E-state index contributed by atoms with van der Waals surface area (Å²) in [4.78, 5) is 24.4. The van der Waals surface area contributed by atoms with E-state index in [0.29, 0.717) is 32.7 Å². The van der Waals surface area contributed by atoms with Gasteiger partial charge in [-0.3, -0.25) is 9.59 Å². The number of carbonyl (C=O) groups is 2. The van der Waals surface area contributed by atoms with Gasteiger partial charge in [0, 0.05) is 38.5 Å². The Morgan fingerprint density at radius 3 is 2.89 bits per heavy atom. The minimum Gasteiger partial charge on any atom is -0.481 e. The maximum atomic E-state index is 12.0. The van der Waals surface area contributed by atoms with E-state index in [2.05, 4.69) is 5.32 Å². The Kier molecular flexibility index (Phi) is 4.54. The van der Waals surface area contributed by atoms with Crippen molar-refractivity contribution in [3.8, 4) is 0 Å². The number of nitrogens with one attached hydrogen (secondary N) is 1. The molecule has 2 rings (SSSR count). The normalized spacial score (nSPS) is 28.3. The van der Waals surface area contributed by atoms with E-state index < -0.39 is 5.97 Å². The second kappa shape index (κ2) is 6.15. The van der Waals surface area contributed by atoms with Gasteiger partial charge in [-0.1, -0.05) is 0 Å². The average Bonchev–Trinajstić information content (AvgIpc) is 2.78. The summed E-state index contributed by atoms with van der Waals surface area (Å²) >= 11 is 0. The van der Waals surface area contributed by atoms with Crippen LogP contribution in [0.25, 0.3) is 0 Å². The maximum Gasteiger partial charge on any atom is 0.303 e. The molecule has 2 aliphatic heterocycles. The van der Waals surface area contributed by atoms with Crippen molar-refractivity contribution in [2.75, 3.05) is 32.8 Å². The lowest BCUT2D eigenvalue weighted by Crippen LogP contribution is -2.44. The fraction of sp³-hybridized carbons (Fsp3) is 0.833. The topological polar surface area (TPSA) is 78.9 Å². The number of carboxylic acids is 1. The summed E-state index contributed by atoms with van der Waals surface area (Å²) in [6.45, 7) is 3.34. The molecular weight excluding hydrogens is 236 g/mol. The number of nitrogens with zero attached hydrogens (tertiary/aromatic N) is 1. The van der Waals surface area contributed by atoms with E-state index in [-0.39, 0.29) is 24.3 Å². The Morgan fingerprint density at radius 1 is 1.39 bits per heavy atom. The lowest BCUT2D eigenvalue weighted by Gasteiger charge is -2.25. The minimum atomic E-state index is -0.781. The Hall–Kier alpha value is -1.14. The third-order valence-corrected chi connectivity index (χ3v) is 3.52. The third kappa shape index (κ3) is 3.68. The van der Waals surface area contributed by atoms with Crippen molar-refractivity contribution in [1.29, 1.82) is 0 Å². The smallest absolute Gasteiger partial charge is 0.303 e. The van der Waals surface area contributed by atoms with Crippen molar-refractivity contribution in [2.24, 2.45) is 5.92 Å². The molecule has 0 aromatic heterocycles. The van der Waals surface area contributed by atoms with Gasteiger partial charge in [-0.2, -0.15) is 0 Å². The zero-order valence-corrected chi connectivity index (χ0v) is 10.4. The van der Waals surface area contributed by atoms with Crippen molar-refractivity contribution in [3.63, 3.8) is 0 Å². The highest BCUT2D eigenvalue weighted by molar-refractivity contribution is 5.77. The number of ether oxygens (including phenoxy) is 1. The molecule has 6 nitrogen and oxygen atoms in total. The second-order valence-electron chi connectivity index (χ2n) is 5.02. The van der Waals surface area contributed by atoms with Crippen LogP contribution < -0.4 is 5.32 Å². The second-order valence-corrected chi connectivity index (χ2v) is 5.02. The summed E-state index contributed by atoms with van der Waals surface area (Å²) in [5.41, 5.74) is 0. The predicted octanol–water partition coefficient (Wildman–Crippen LogP) is -0.312. The number of hydrogen-bond acceptors (Lipinski definition) is 4. The van der Waals surface area contributed by atoms with Crippen LogP contribution in [0.5, 0.6) is 0 Å². The van der Waals surface area contributed by atoms with Crippen LogP contribution in [0.3, 0.4) is 0 Å². The number of rotatable bonds is 4. The summed E-state index contributed by atoms with van der Waals surface area (Å²) < 4.78 is 5.31. The monoisotopic (exact) mass is 256 g/mol. The predicted molar refractivity (Wildman–Crippen MR) is 64.2 cm³/mol. The van der Waals surface area contributed by atoms with E-state index in [0.717, 1.165) is 13.0 Å². The quantitative estimate of drug-likeness (QED) is 0.721. The SMILES string of the molecule is O=C(O)CC1CCN(C(=O)CC2COCCN2)C1. The first-order valence-corrected chi connectivity index (χ1v) is 6.46. The zero-order valence-electron chi connectivity index (χ0n) is 10.4. The van der Waals surface area contributed by atoms with Gasteiger partial charge in [-0.25, -0.2) is 0 Å². The van der Waals surface area contributed by atoms with Gasteiger partial charge in [0.05, 0.1) is 13.2 Å². The molecule has 1 amide bonds. The number of aliphatic carboxylic acids is 1. The van der Waals surface area contributed by atoms with Crippen LogP contribution >= 0.6 is 0 Å². The zero-order chi connectivity index (χ0) is 13.0. The fourth-order valence-electron chi connectivity index (χ4n) is 2.56.